The van der Waals surface area contributed by atoms with E-state index in [1.165, 1.54) is 50.3 Å². The van der Waals surface area contributed by atoms with Crippen LogP contribution in [0.5, 0.6) is 0 Å². The number of thioether (sulfide) groups is 1. The van der Waals surface area contributed by atoms with Crippen LogP contribution in [0.25, 0.3) is 0 Å². The van der Waals surface area contributed by atoms with E-state index in [4.69, 9.17) is 9.47 Å². The molecule has 0 radical (unpaired) electrons. The van der Waals surface area contributed by atoms with Crippen LogP contribution < -0.4 is 0 Å². The fourth-order valence-corrected chi connectivity index (χ4v) is 4.17. The Balaban J connectivity index is 2.11. The van der Waals surface area contributed by atoms with Crippen molar-refractivity contribution >= 4 is 23.7 Å². The highest BCUT2D eigenvalue weighted by molar-refractivity contribution is 8.01. The van der Waals surface area contributed by atoms with E-state index in [-0.39, 0.29) is 28.5 Å². The van der Waals surface area contributed by atoms with E-state index in [0.29, 0.717) is 6.61 Å². The van der Waals surface area contributed by atoms with Crippen LogP contribution >= 0.6 is 11.8 Å². The van der Waals surface area contributed by atoms with E-state index in [2.05, 4.69) is 6.92 Å². The average Bonchev–Trinajstić information content (AvgIpc) is 2.64. The molecule has 0 aliphatic heterocycles. The Morgan fingerprint density at radius 2 is 1.46 bits per heavy atom. The van der Waals surface area contributed by atoms with Crippen LogP contribution in [0.15, 0.2) is 0 Å². The van der Waals surface area contributed by atoms with E-state index in [9.17, 15) is 9.59 Å². The third-order valence-corrected chi connectivity index (χ3v) is 6.10. The predicted molar refractivity (Wildman–Crippen MR) is 108 cm³/mol. The van der Waals surface area contributed by atoms with Gasteiger partial charge in [-0.25, -0.2) is 0 Å². The summed E-state index contributed by atoms with van der Waals surface area (Å²) in [6, 6.07) is 0. The van der Waals surface area contributed by atoms with Gasteiger partial charge in [-0.3, -0.25) is 9.59 Å². The van der Waals surface area contributed by atoms with Crippen LogP contribution in [0.3, 0.4) is 0 Å². The van der Waals surface area contributed by atoms with Crippen LogP contribution in [0.2, 0.25) is 0 Å². The number of hydrogen-bond acceptors (Lipinski definition) is 5. The lowest BCUT2D eigenvalue weighted by atomic mass is 9.98. The van der Waals surface area contributed by atoms with Crippen molar-refractivity contribution in [3.8, 4) is 0 Å². The molecule has 5 heteroatoms. The van der Waals surface area contributed by atoms with Gasteiger partial charge in [-0.2, -0.15) is 0 Å². The molecule has 1 rings (SSSR count). The first-order chi connectivity index (χ1) is 12.5. The molecule has 1 aliphatic rings. The molecule has 2 atom stereocenters. The zero-order chi connectivity index (χ0) is 19.2. The highest BCUT2D eigenvalue weighted by Crippen LogP contribution is 2.24. The monoisotopic (exact) mass is 386 g/mol. The van der Waals surface area contributed by atoms with Gasteiger partial charge in [0.05, 0.1) is 6.61 Å². The second-order valence-corrected chi connectivity index (χ2v) is 9.09. The van der Waals surface area contributed by atoms with E-state index < -0.39 is 0 Å². The van der Waals surface area contributed by atoms with Gasteiger partial charge in [0, 0.05) is 0 Å². The van der Waals surface area contributed by atoms with Crippen LogP contribution in [0.1, 0.15) is 97.8 Å². The fraction of sp³-hybridized carbons (Fsp3) is 0.905. The van der Waals surface area contributed by atoms with Crippen LogP contribution in [-0.4, -0.2) is 35.1 Å². The minimum Gasteiger partial charge on any atom is -0.465 e. The molecule has 0 amide bonds. The molecule has 1 fully saturated rings. The van der Waals surface area contributed by atoms with Gasteiger partial charge >= 0.3 is 11.9 Å². The van der Waals surface area contributed by atoms with E-state index >= 15 is 0 Å². The standard InChI is InChI=1S/C21H38O4S/c1-4-5-6-7-8-9-13-16-24-20(22)17(2)26-18(3)21(23)25-19-14-11-10-12-15-19/h17-19H,4-16H2,1-3H3. The Morgan fingerprint density at radius 1 is 0.885 bits per heavy atom. The number of unbranched alkanes of at least 4 members (excludes halogenated alkanes) is 6. The highest BCUT2D eigenvalue weighted by atomic mass is 32.2. The van der Waals surface area contributed by atoms with Gasteiger partial charge in [0.15, 0.2) is 0 Å². The van der Waals surface area contributed by atoms with E-state index in [1.54, 1.807) is 0 Å². The lowest BCUT2D eigenvalue weighted by Gasteiger charge is -2.24. The summed E-state index contributed by atoms with van der Waals surface area (Å²) < 4.78 is 10.9. The van der Waals surface area contributed by atoms with Gasteiger partial charge in [-0.1, -0.05) is 51.9 Å². The van der Waals surface area contributed by atoms with Crippen molar-refractivity contribution in [3.63, 3.8) is 0 Å². The van der Waals surface area contributed by atoms with Crippen molar-refractivity contribution in [2.75, 3.05) is 6.61 Å². The van der Waals surface area contributed by atoms with Crippen molar-refractivity contribution in [1.29, 1.82) is 0 Å². The summed E-state index contributed by atoms with van der Waals surface area (Å²) in [6.45, 7) is 6.33. The Labute approximate surface area is 164 Å². The second kappa shape index (κ2) is 14.4. The molecule has 0 N–H and O–H groups in total. The molecule has 2 unspecified atom stereocenters. The molecular weight excluding hydrogens is 348 g/mol. The third-order valence-electron chi connectivity index (χ3n) is 4.90. The predicted octanol–water partition coefficient (Wildman–Crippen LogP) is 5.67. The molecule has 0 spiro atoms. The maximum atomic E-state index is 12.2. The lowest BCUT2D eigenvalue weighted by Crippen LogP contribution is -2.28. The maximum absolute atomic E-state index is 12.2. The van der Waals surface area contributed by atoms with E-state index in [0.717, 1.165) is 38.5 Å². The smallest absolute Gasteiger partial charge is 0.319 e. The highest BCUT2D eigenvalue weighted by Gasteiger charge is 2.26. The van der Waals surface area contributed by atoms with Gasteiger partial charge in [-0.15, -0.1) is 11.8 Å². The first-order valence-corrected chi connectivity index (χ1v) is 11.5. The first kappa shape index (κ1) is 23.3. The van der Waals surface area contributed by atoms with Crippen LogP contribution in [0, 0.1) is 0 Å². The quantitative estimate of drug-likeness (QED) is 0.302. The molecule has 1 saturated carbocycles. The second-order valence-electron chi connectivity index (χ2n) is 7.41. The normalized spacial score (nSPS) is 17.5. The zero-order valence-corrected chi connectivity index (χ0v) is 17.8. The number of hydrogen-bond donors (Lipinski definition) is 0. The Morgan fingerprint density at radius 3 is 2.12 bits per heavy atom. The fourth-order valence-electron chi connectivity index (χ4n) is 3.21. The summed E-state index contributed by atoms with van der Waals surface area (Å²) >= 11 is 1.33. The molecule has 4 nitrogen and oxygen atoms in total. The Kier molecular flexibility index (Phi) is 12.9. The summed E-state index contributed by atoms with van der Waals surface area (Å²) in [5.41, 5.74) is 0. The van der Waals surface area contributed by atoms with E-state index in [1.807, 2.05) is 13.8 Å². The first-order valence-electron chi connectivity index (χ1n) is 10.6. The van der Waals surface area contributed by atoms with Gasteiger partial charge in [0.1, 0.15) is 16.6 Å². The summed E-state index contributed by atoms with van der Waals surface area (Å²) in [7, 11) is 0. The van der Waals surface area contributed by atoms with Gasteiger partial charge in [0.2, 0.25) is 0 Å². The van der Waals surface area contributed by atoms with Gasteiger partial charge < -0.3 is 9.47 Å². The van der Waals surface area contributed by atoms with Crippen molar-refractivity contribution in [2.45, 2.75) is 114 Å². The summed E-state index contributed by atoms with van der Waals surface area (Å²) in [6.07, 6.45) is 13.9. The third kappa shape index (κ3) is 10.4. The largest absolute Gasteiger partial charge is 0.465 e. The molecular formula is C21H38O4S. The number of ether oxygens (including phenoxy) is 2. The SMILES string of the molecule is CCCCCCCCCOC(=O)C(C)SC(C)C(=O)OC1CCCCC1. The number of rotatable bonds is 13. The minimum absolute atomic E-state index is 0.0684. The molecule has 0 saturated heterocycles. The average molecular weight is 387 g/mol. The molecule has 0 aromatic carbocycles. The lowest BCUT2D eigenvalue weighted by molar-refractivity contribution is -0.149. The van der Waals surface area contributed by atoms with Crippen LogP contribution in [0.4, 0.5) is 0 Å². The summed E-state index contributed by atoms with van der Waals surface area (Å²) in [5.74, 6) is -0.424. The Bertz CT molecular complexity index is 393. The Hall–Kier alpha value is -0.710. The molecule has 1 aliphatic carbocycles. The topological polar surface area (TPSA) is 52.6 Å². The van der Waals surface area contributed by atoms with Crippen molar-refractivity contribution in [2.24, 2.45) is 0 Å². The molecule has 26 heavy (non-hydrogen) atoms. The summed E-state index contributed by atoms with van der Waals surface area (Å²) in [4.78, 5) is 24.3. The molecule has 0 heterocycles. The molecule has 0 aromatic heterocycles. The summed E-state index contributed by atoms with van der Waals surface area (Å²) in [5, 5.41) is -0.675. The van der Waals surface area contributed by atoms with Gasteiger partial charge in [0.25, 0.3) is 0 Å². The van der Waals surface area contributed by atoms with Crippen molar-refractivity contribution in [3.05, 3.63) is 0 Å². The van der Waals surface area contributed by atoms with Crippen LogP contribution in [-0.2, 0) is 19.1 Å². The molecule has 0 bridgehead atoms. The zero-order valence-electron chi connectivity index (χ0n) is 17.0. The number of carbonyl (C=O) groups excluding carboxylic acids is 2. The number of carbonyl (C=O) groups is 2. The number of esters is 2. The molecule has 0 aromatic rings. The van der Waals surface area contributed by atoms with Crippen molar-refractivity contribution in [1.82, 2.24) is 0 Å². The maximum Gasteiger partial charge on any atom is 0.319 e. The minimum atomic E-state index is -0.339. The van der Waals surface area contributed by atoms with Crippen molar-refractivity contribution < 1.29 is 19.1 Å². The molecule has 152 valence electrons. The van der Waals surface area contributed by atoms with Gasteiger partial charge in [-0.05, 0) is 46.0 Å².